The molecule has 232 valence electrons. The zero-order chi connectivity index (χ0) is 32.3. The first-order valence-electron chi connectivity index (χ1n) is 15.3. The van der Waals surface area contributed by atoms with Crippen LogP contribution in [0.5, 0.6) is 0 Å². The van der Waals surface area contributed by atoms with Crippen LogP contribution in [0.25, 0.3) is 0 Å². The fourth-order valence-electron chi connectivity index (χ4n) is 7.15. The number of nitrogens with zero attached hydrogens (tertiary/aromatic N) is 3. The quantitative estimate of drug-likeness (QED) is 0.348. The number of carbonyl (C=O) groups is 2. The van der Waals surface area contributed by atoms with Gasteiger partial charge in [0.2, 0.25) is 0 Å². The van der Waals surface area contributed by atoms with E-state index in [-0.39, 0.29) is 30.0 Å². The number of aliphatic hydroxyl groups is 1. The van der Waals surface area contributed by atoms with Crippen LogP contribution in [0.2, 0.25) is 0 Å². The normalized spacial score (nSPS) is 25.3. The van der Waals surface area contributed by atoms with Gasteiger partial charge in [-0.2, -0.15) is 0 Å². The van der Waals surface area contributed by atoms with Gasteiger partial charge in [-0.25, -0.2) is 15.0 Å². The minimum atomic E-state index is -1.06. The first-order chi connectivity index (χ1) is 21.5. The van der Waals surface area contributed by atoms with Gasteiger partial charge >= 0.3 is 11.9 Å². The summed E-state index contributed by atoms with van der Waals surface area (Å²) in [6, 6.07) is 0. The molecule has 9 nitrogen and oxygen atoms in total. The van der Waals surface area contributed by atoms with Crippen molar-refractivity contribution in [2.45, 2.75) is 53.9 Å². The molecule has 1 saturated heterocycles. The summed E-state index contributed by atoms with van der Waals surface area (Å²) in [4.78, 5) is 40.7. The van der Waals surface area contributed by atoms with Gasteiger partial charge in [-0.3, -0.25) is 9.59 Å². The Labute approximate surface area is 263 Å². The van der Waals surface area contributed by atoms with Crippen molar-refractivity contribution < 1.29 is 24.2 Å². The zero-order valence-corrected chi connectivity index (χ0v) is 26.8. The third-order valence-electron chi connectivity index (χ3n) is 9.75. The Balaban J connectivity index is 1.66. The summed E-state index contributed by atoms with van der Waals surface area (Å²) in [5.41, 5.74) is 12.0. The van der Waals surface area contributed by atoms with Crippen molar-refractivity contribution in [1.29, 1.82) is 0 Å². The predicted molar refractivity (Wildman–Crippen MR) is 174 cm³/mol. The maximum Gasteiger partial charge on any atom is 0.321 e. The van der Waals surface area contributed by atoms with Crippen LogP contribution >= 0.6 is 0 Å². The second kappa shape index (κ2) is 11.3. The topological polar surface area (TPSA) is 122 Å². The SMILES string of the molecule is C=CC1=C(C)C2=NC1=CC1=NC(=CC3=C(C)C4=C(O)C(C(=O)OC)C(=C5NC(=C2)[C@H](C)[C@H]5CCC(=O)OC)C4=N3)C(CC)=C1C. The lowest BCUT2D eigenvalue weighted by Crippen LogP contribution is -2.25. The number of aliphatic hydroxyl groups excluding tert-OH is 1. The van der Waals surface area contributed by atoms with Gasteiger partial charge in [0, 0.05) is 46.4 Å². The second-order valence-corrected chi connectivity index (χ2v) is 12.0. The van der Waals surface area contributed by atoms with Crippen LogP contribution in [0.15, 0.2) is 119 Å². The Hall–Kier alpha value is -4.79. The number of esters is 2. The van der Waals surface area contributed by atoms with Gasteiger partial charge in [0.25, 0.3) is 0 Å². The molecule has 0 aromatic heterocycles. The molecule has 1 aliphatic carbocycles. The average Bonchev–Trinajstić information content (AvgIpc) is 3.76. The molecule has 3 atom stereocenters. The number of aliphatic imine (C=N–C) groups is 3. The molecule has 0 amide bonds. The van der Waals surface area contributed by atoms with Crippen LogP contribution in [0.1, 0.15) is 53.9 Å². The summed E-state index contributed by atoms with van der Waals surface area (Å²) in [5, 5.41) is 15.2. The summed E-state index contributed by atoms with van der Waals surface area (Å²) >= 11 is 0. The summed E-state index contributed by atoms with van der Waals surface area (Å²) < 4.78 is 10.2. The first kappa shape index (κ1) is 30.2. The zero-order valence-electron chi connectivity index (χ0n) is 26.8. The highest BCUT2D eigenvalue weighted by atomic mass is 16.5. The van der Waals surface area contributed by atoms with E-state index in [2.05, 4.69) is 32.7 Å². The van der Waals surface area contributed by atoms with Crippen molar-refractivity contribution in [3.63, 3.8) is 0 Å². The number of ether oxygens (including phenoxy) is 2. The lowest BCUT2D eigenvalue weighted by molar-refractivity contribution is -0.143. The highest BCUT2D eigenvalue weighted by Crippen LogP contribution is 2.49. The fourth-order valence-corrected chi connectivity index (χ4v) is 7.15. The number of fused-ring (bicyclic) bond motifs is 5. The largest absolute Gasteiger partial charge is 0.510 e. The van der Waals surface area contributed by atoms with Crippen molar-refractivity contribution in [3.8, 4) is 0 Å². The van der Waals surface area contributed by atoms with E-state index in [1.165, 1.54) is 14.2 Å². The number of hydrogen-bond donors (Lipinski definition) is 2. The third kappa shape index (κ3) is 4.64. The molecule has 0 aromatic carbocycles. The summed E-state index contributed by atoms with van der Waals surface area (Å²) in [5.74, 6) is -2.33. The maximum atomic E-state index is 13.3. The molecule has 6 rings (SSSR count). The first-order valence-corrected chi connectivity index (χ1v) is 15.3. The van der Waals surface area contributed by atoms with E-state index >= 15 is 0 Å². The molecule has 2 N–H and O–H groups in total. The van der Waals surface area contributed by atoms with Crippen molar-refractivity contribution in [2.24, 2.45) is 32.7 Å². The molecule has 1 unspecified atom stereocenters. The molecule has 45 heavy (non-hydrogen) atoms. The molecule has 1 fully saturated rings. The Morgan fingerprint density at radius 3 is 2.38 bits per heavy atom. The summed E-state index contributed by atoms with van der Waals surface area (Å²) in [7, 11) is 2.69. The van der Waals surface area contributed by atoms with Crippen LogP contribution in [-0.4, -0.2) is 48.4 Å². The Bertz CT molecular complexity index is 1830. The third-order valence-corrected chi connectivity index (χ3v) is 9.75. The number of methoxy groups -OCH3 is 2. The molecule has 0 saturated carbocycles. The molecular formula is C36H38N4O5. The molecule has 0 spiro atoms. The number of carbonyl (C=O) groups excluding carboxylic acids is 2. The fraction of sp³-hybridized carbons (Fsp3) is 0.361. The predicted octanol–water partition coefficient (Wildman–Crippen LogP) is 6.20. The highest BCUT2D eigenvalue weighted by molar-refractivity contribution is 6.24. The second-order valence-electron chi connectivity index (χ2n) is 12.0. The standard InChI is InChI=1S/C36H38N4O5/c1-9-20-16(3)23-13-25-18(5)22(11-12-29(41)44-7)33(39-25)31-32(36(43)45-8)35(42)30-19(6)26(40-34(30)31)15-28-21(10-2)17(4)24(38-28)14-27(20)37-23/h9,13-15,18,22,32,39,42H,1,10-12H2,2-8H3/t18-,22-,32?/m1/s1. The lowest BCUT2D eigenvalue weighted by atomic mass is 9.84. The lowest BCUT2D eigenvalue weighted by Gasteiger charge is -2.20. The minimum absolute atomic E-state index is 0.0802. The summed E-state index contributed by atoms with van der Waals surface area (Å²) in [6.45, 7) is 14.3. The molecule has 9 heteroatoms. The Kier molecular flexibility index (Phi) is 7.59. The molecule has 0 radical (unpaired) electrons. The van der Waals surface area contributed by atoms with E-state index < -0.39 is 11.9 Å². The maximum absolute atomic E-state index is 13.3. The van der Waals surface area contributed by atoms with Crippen molar-refractivity contribution >= 4 is 29.1 Å². The average molecular weight is 607 g/mol. The van der Waals surface area contributed by atoms with Gasteiger partial charge in [-0.15, -0.1) is 0 Å². The minimum Gasteiger partial charge on any atom is -0.510 e. The van der Waals surface area contributed by atoms with E-state index in [1.807, 2.05) is 38.2 Å². The van der Waals surface area contributed by atoms with E-state index in [0.29, 0.717) is 29.0 Å². The van der Waals surface area contributed by atoms with Crippen LogP contribution in [-0.2, 0) is 19.1 Å². The molecule has 8 bridgehead atoms. The van der Waals surface area contributed by atoms with E-state index in [1.54, 1.807) is 0 Å². The van der Waals surface area contributed by atoms with Gasteiger partial charge in [-0.05, 0) is 74.1 Å². The van der Waals surface area contributed by atoms with Gasteiger partial charge < -0.3 is 19.9 Å². The van der Waals surface area contributed by atoms with Crippen LogP contribution < -0.4 is 5.32 Å². The van der Waals surface area contributed by atoms with Crippen LogP contribution in [0, 0.1) is 17.8 Å². The van der Waals surface area contributed by atoms with Gasteiger partial charge in [0.05, 0.1) is 48.4 Å². The van der Waals surface area contributed by atoms with E-state index in [9.17, 15) is 14.7 Å². The van der Waals surface area contributed by atoms with E-state index in [0.717, 1.165) is 68.5 Å². The van der Waals surface area contributed by atoms with Crippen molar-refractivity contribution in [1.82, 2.24) is 5.32 Å². The van der Waals surface area contributed by atoms with Gasteiger partial charge in [0.15, 0.2) is 0 Å². The van der Waals surface area contributed by atoms with Crippen molar-refractivity contribution in [3.05, 3.63) is 104 Å². The molecule has 0 aromatic rings. The van der Waals surface area contributed by atoms with Crippen molar-refractivity contribution in [2.75, 3.05) is 14.2 Å². The highest BCUT2D eigenvalue weighted by Gasteiger charge is 2.49. The Morgan fingerprint density at radius 2 is 1.71 bits per heavy atom. The smallest absolute Gasteiger partial charge is 0.321 e. The van der Waals surface area contributed by atoms with Crippen LogP contribution in [0.4, 0.5) is 0 Å². The van der Waals surface area contributed by atoms with Gasteiger partial charge in [-0.1, -0.05) is 26.5 Å². The molecule has 5 heterocycles. The monoisotopic (exact) mass is 606 g/mol. The molecule has 5 aliphatic heterocycles. The number of nitrogens with one attached hydrogen (secondary N) is 1. The van der Waals surface area contributed by atoms with E-state index in [4.69, 9.17) is 24.5 Å². The number of hydrogen-bond acceptors (Lipinski definition) is 9. The number of rotatable bonds is 6. The molecular weight excluding hydrogens is 568 g/mol. The Morgan fingerprint density at radius 1 is 1.00 bits per heavy atom. The van der Waals surface area contributed by atoms with Gasteiger partial charge in [0.1, 0.15) is 11.7 Å². The van der Waals surface area contributed by atoms with Crippen LogP contribution in [0.3, 0.4) is 0 Å². The number of allylic oxidation sites excluding steroid dienone is 11. The molecule has 6 aliphatic rings. The summed E-state index contributed by atoms with van der Waals surface area (Å²) in [6.07, 6.45) is 9.25.